The average molecular weight is 334 g/mol. The van der Waals surface area contributed by atoms with E-state index in [1.54, 1.807) is 6.92 Å². The lowest BCUT2D eigenvalue weighted by atomic mass is 9.79. The zero-order chi connectivity index (χ0) is 17.5. The number of carbonyl (C=O) groups is 1. The Hall–Kier alpha value is -1.13. The Morgan fingerprint density at radius 2 is 2.00 bits per heavy atom. The number of esters is 1. The van der Waals surface area contributed by atoms with Crippen LogP contribution in [-0.2, 0) is 14.3 Å². The first-order chi connectivity index (χ1) is 11.2. The number of rotatable bonds is 0. The highest BCUT2D eigenvalue weighted by atomic mass is 16.6. The van der Waals surface area contributed by atoms with Crippen LogP contribution in [0.15, 0.2) is 23.8 Å². The van der Waals surface area contributed by atoms with Crippen molar-refractivity contribution in [2.75, 3.05) is 0 Å². The fraction of sp³-hybridized carbons (Fsp3) is 0.750. The van der Waals surface area contributed by atoms with Crippen molar-refractivity contribution in [2.45, 2.75) is 89.1 Å². The molecule has 5 atom stereocenters. The molecule has 0 radical (unpaired) electrons. The summed E-state index contributed by atoms with van der Waals surface area (Å²) in [6, 6.07) is 0. The zero-order valence-corrected chi connectivity index (χ0v) is 15.1. The van der Waals surface area contributed by atoms with Crippen molar-refractivity contribution >= 4 is 5.97 Å². The van der Waals surface area contributed by atoms with Gasteiger partial charge in [-0.05, 0) is 71.6 Å². The molecule has 4 nitrogen and oxygen atoms in total. The van der Waals surface area contributed by atoms with Gasteiger partial charge < -0.3 is 14.6 Å². The summed E-state index contributed by atoms with van der Waals surface area (Å²) in [6.07, 6.45) is 7.98. The maximum Gasteiger partial charge on any atom is 0.334 e. The summed E-state index contributed by atoms with van der Waals surface area (Å²) < 4.78 is 11.4. The quantitative estimate of drug-likeness (QED) is 0.318. The van der Waals surface area contributed by atoms with E-state index in [1.165, 1.54) is 5.57 Å². The summed E-state index contributed by atoms with van der Waals surface area (Å²) in [5.41, 5.74) is 0.820. The molecular weight excluding hydrogens is 304 g/mol. The number of epoxide rings is 1. The topological polar surface area (TPSA) is 59.1 Å². The molecule has 3 aliphatic rings. The molecule has 1 N–H and O–H groups in total. The lowest BCUT2D eigenvalue weighted by molar-refractivity contribution is -0.168. The molecule has 4 heteroatoms. The second-order valence-corrected chi connectivity index (χ2v) is 8.29. The van der Waals surface area contributed by atoms with Crippen molar-refractivity contribution in [1.29, 1.82) is 0 Å². The van der Waals surface area contributed by atoms with Gasteiger partial charge in [-0.1, -0.05) is 18.2 Å². The Balaban J connectivity index is 1.80. The van der Waals surface area contributed by atoms with Crippen LogP contribution in [0.4, 0.5) is 0 Å². The van der Waals surface area contributed by atoms with Crippen molar-refractivity contribution < 1.29 is 19.4 Å². The molecule has 0 saturated carbocycles. The van der Waals surface area contributed by atoms with Gasteiger partial charge in [0.1, 0.15) is 6.10 Å². The van der Waals surface area contributed by atoms with Gasteiger partial charge in [-0.25, -0.2) is 4.79 Å². The average Bonchev–Trinajstić information content (AvgIpc) is 3.16. The number of aliphatic hydroxyl groups is 1. The standard InChI is InChI=1S/C20H30O4/c1-13-6-5-10-19(3,22)17-12-15(14(2)18(21)23-17)9-11-20(4)16(24-20)8-7-13/h6,15-17,22H,2,5,7-12H2,1,3-4H3/b13-6+/t15-,16-,17+,19+,20-/m0/s1. The van der Waals surface area contributed by atoms with E-state index >= 15 is 0 Å². The first-order valence-electron chi connectivity index (χ1n) is 9.17. The first-order valence-corrected chi connectivity index (χ1v) is 9.17. The van der Waals surface area contributed by atoms with Gasteiger partial charge in [-0.15, -0.1) is 0 Å². The summed E-state index contributed by atoms with van der Waals surface area (Å²) >= 11 is 0. The van der Waals surface area contributed by atoms with E-state index in [2.05, 4.69) is 26.5 Å². The Labute approximate surface area is 144 Å². The first kappa shape index (κ1) is 17.7. The molecular formula is C20H30O4. The molecule has 0 unspecified atom stereocenters. The second kappa shape index (κ2) is 6.30. The summed E-state index contributed by atoms with van der Waals surface area (Å²) in [5, 5.41) is 10.8. The van der Waals surface area contributed by atoms with Crippen molar-refractivity contribution in [2.24, 2.45) is 5.92 Å². The molecule has 2 heterocycles. The number of carbonyl (C=O) groups excluding carboxylic acids is 1. The minimum atomic E-state index is -1.00. The van der Waals surface area contributed by atoms with Crippen LogP contribution in [0.1, 0.15) is 65.7 Å². The third-order valence-corrected chi connectivity index (χ3v) is 6.17. The van der Waals surface area contributed by atoms with Crippen LogP contribution in [0.2, 0.25) is 0 Å². The van der Waals surface area contributed by atoms with E-state index < -0.39 is 11.7 Å². The maximum absolute atomic E-state index is 12.2. The molecule has 0 spiro atoms. The van der Waals surface area contributed by atoms with Gasteiger partial charge in [0.15, 0.2) is 0 Å². The highest BCUT2D eigenvalue weighted by Gasteiger charge is 2.52. The molecule has 24 heavy (non-hydrogen) atoms. The highest BCUT2D eigenvalue weighted by Crippen LogP contribution is 2.46. The predicted molar refractivity (Wildman–Crippen MR) is 92.5 cm³/mol. The summed E-state index contributed by atoms with van der Waals surface area (Å²) in [4.78, 5) is 12.2. The van der Waals surface area contributed by atoms with E-state index in [0.29, 0.717) is 24.5 Å². The summed E-state index contributed by atoms with van der Waals surface area (Å²) in [5.74, 6) is -0.279. The number of ether oxygens (including phenoxy) is 2. The maximum atomic E-state index is 12.2. The van der Waals surface area contributed by atoms with E-state index in [0.717, 1.165) is 32.1 Å². The number of hydrogen-bond donors (Lipinski definition) is 1. The van der Waals surface area contributed by atoms with Crippen molar-refractivity contribution in [3.63, 3.8) is 0 Å². The predicted octanol–water partition coefficient (Wildman–Crippen LogP) is 3.68. The molecule has 2 fully saturated rings. The van der Waals surface area contributed by atoms with Crippen LogP contribution < -0.4 is 0 Å². The molecule has 0 aromatic rings. The van der Waals surface area contributed by atoms with E-state index in [9.17, 15) is 9.90 Å². The molecule has 0 aromatic heterocycles. The lowest BCUT2D eigenvalue weighted by Crippen LogP contribution is -2.47. The van der Waals surface area contributed by atoms with Crippen LogP contribution in [0.25, 0.3) is 0 Å². The van der Waals surface area contributed by atoms with Crippen molar-refractivity contribution in [1.82, 2.24) is 0 Å². The van der Waals surface area contributed by atoms with Gasteiger partial charge in [0.2, 0.25) is 0 Å². The smallest absolute Gasteiger partial charge is 0.334 e. The Kier molecular flexibility index (Phi) is 4.65. The second-order valence-electron chi connectivity index (χ2n) is 8.29. The minimum Gasteiger partial charge on any atom is -0.456 e. The fourth-order valence-corrected chi connectivity index (χ4v) is 4.06. The minimum absolute atomic E-state index is 0.0654. The molecule has 2 saturated heterocycles. The van der Waals surface area contributed by atoms with Gasteiger partial charge >= 0.3 is 5.97 Å². The molecule has 3 rings (SSSR count). The van der Waals surface area contributed by atoms with Crippen LogP contribution in [0.5, 0.6) is 0 Å². The lowest BCUT2D eigenvalue weighted by Gasteiger charge is -2.39. The molecule has 1 aliphatic carbocycles. The van der Waals surface area contributed by atoms with Crippen LogP contribution >= 0.6 is 0 Å². The fourth-order valence-electron chi connectivity index (χ4n) is 4.06. The highest BCUT2D eigenvalue weighted by molar-refractivity contribution is 5.89. The Bertz CT molecular complexity index is 562. The van der Waals surface area contributed by atoms with Crippen molar-refractivity contribution in [3.05, 3.63) is 23.8 Å². The van der Waals surface area contributed by atoms with E-state index in [1.807, 2.05) is 0 Å². The van der Waals surface area contributed by atoms with Crippen LogP contribution in [-0.4, -0.2) is 34.5 Å². The Morgan fingerprint density at radius 3 is 2.75 bits per heavy atom. The molecule has 0 aromatic carbocycles. The summed E-state index contributed by atoms with van der Waals surface area (Å²) in [7, 11) is 0. The third kappa shape index (κ3) is 3.60. The number of hydrogen-bond acceptors (Lipinski definition) is 4. The molecule has 2 bridgehead atoms. The normalized spacial score (nSPS) is 46.2. The van der Waals surface area contributed by atoms with Gasteiger partial charge in [0.05, 0.1) is 17.3 Å². The van der Waals surface area contributed by atoms with Gasteiger partial charge in [-0.2, -0.15) is 0 Å². The SMILES string of the molecule is C=C1C(=O)O[C@@H]2C[C@@H]1CC[C@]1(C)O[C@H]1CC/C(C)=C/CC[C@@]2(C)O. The van der Waals surface area contributed by atoms with Gasteiger partial charge in [0, 0.05) is 5.57 Å². The Morgan fingerprint density at radius 1 is 1.25 bits per heavy atom. The largest absolute Gasteiger partial charge is 0.456 e. The van der Waals surface area contributed by atoms with E-state index in [-0.39, 0.29) is 17.5 Å². The number of fused-ring (bicyclic) bond motifs is 3. The van der Waals surface area contributed by atoms with E-state index in [4.69, 9.17) is 9.47 Å². The summed E-state index contributed by atoms with van der Waals surface area (Å²) in [6.45, 7) is 10.0. The molecule has 0 amide bonds. The van der Waals surface area contributed by atoms with Crippen LogP contribution in [0, 0.1) is 5.92 Å². The molecule has 2 aliphatic heterocycles. The third-order valence-electron chi connectivity index (χ3n) is 6.17. The van der Waals surface area contributed by atoms with Gasteiger partial charge in [0.25, 0.3) is 0 Å². The zero-order valence-electron chi connectivity index (χ0n) is 15.1. The monoisotopic (exact) mass is 334 g/mol. The van der Waals surface area contributed by atoms with Crippen LogP contribution in [0.3, 0.4) is 0 Å². The van der Waals surface area contributed by atoms with Gasteiger partial charge in [-0.3, -0.25) is 0 Å². The number of allylic oxidation sites excluding steroid dienone is 2. The molecule has 134 valence electrons. The van der Waals surface area contributed by atoms with Crippen molar-refractivity contribution in [3.8, 4) is 0 Å².